The molecule has 13 heteroatoms. The van der Waals surface area contributed by atoms with E-state index in [1.165, 1.54) is 12.1 Å². The number of phenolic OH excluding ortho intramolecular Hbond substituents is 1. The fourth-order valence-corrected chi connectivity index (χ4v) is 4.44. The number of nitrogens with zero attached hydrogens (tertiary/aromatic N) is 2. The van der Waals surface area contributed by atoms with Gasteiger partial charge < -0.3 is 35.8 Å². The molecule has 0 saturated heterocycles. The summed E-state index contributed by atoms with van der Waals surface area (Å²) >= 11 is 0. The number of carbonyl (C=O) groups excluding carboxylic acids is 5. The smallest absolute Gasteiger partial charge is 0.408 e. The van der Waals surface area contributed by atoms with Gasteiger partial charge in [-0.25, -0.2) is 9.59 Å². The van der Waals surface area contributed by atoms with Gasteiger partial charge in [0.1, 0.15) is 41.6 Å². The number of nitrogens with one attached hydrogen (secondary N) is 2. The highest BCUT2D eigenvalue weighted by Gasteiger charge is 2.40. The van der Waals surface area contributed by atoms with Crippen molar-refractivity contribution in [3.8, 4) is 11.8 Å². The molecule has 4 amide bonds. The number of phenols is 1. The number of hydrogen-bond acceptors (Lipinski definition) is 9. The lowest BCUT2D eigenvalue weighted by molar-refractivity contribution is -0.159. The van der Waals surface area contributed by atoms with Crippen molar-refractivity contribution in [2.75, 3.05) is 6.54 Å². The molecule has 0 aliphatic carbocycles. The summed E-state index contributed by atoms with van der Waals surface area (Å²) in [5, 5.41) is 25.8. The summed E-state index contributed by atoms with van der Waals surface area (Å²) in [5.74, 6) is -4.04. The first-order chi connectivity index (χ1) is 21.3. The number of carbonyl (C=O) groups is 5. The first kappa shape index (κ1) is 37.1. The fourth-order valence-electron chi connectivity index (χ4n) is 4.44. The largest absolute Gasteiger partial charge is 0.507 e. The molecule has 0 fully saturated rings. The molecule has 0 spiro atoms. The van der Waals surface area contributed by atoms with Crippen molar-refractivity contribution in [1.29, 1.82) is 5.26 Å². The van der Waals surface area contributed by atoms with E-state index in [0.29, 0.717) is 11.1 Å². The average Bonchev–Trinajstić information content (AvgIpc) is 2.92. The van der Waals surface area contributed by atoms with Gasteiger partial charge in [0, 0.05) is 12.0 Å². The molecule has 0 saturated carbocycles. The Kier molecular flexibility index (Phi) is 12.7. The van der Waals surface area contributed by atoms with Crippen LogP contribution >= 0.6 is 0 Å². The molecule has 3 atom stereocenters. The van der Waals surface area contributed by atoms with E-state index in [9.17, 15) is 34.3 Å². The van der Waals surface area contributed by atoms with Crippen LogP contribution in [-0.2, 0) is 35.1 Å². The van der Waals surface area contributed by atoms with E-state index in [-0.39, 0.29) is 17.7 Å². The van der Waals surface area contributed by atoms with Crippen molar-refractivity contribution in [2.45, 2.75) is 90.6 Å². The second kappa shape index (κ2) is 15.7. The van der Waals surface area contributed by atoms with Crippen molar-refractivity contribution in [1.82, 2.24) is 15.5 Å². The summed E-state index contributed by atoms with van der Waals surface area (Å²) in [7, 11) is 0. The van der Waals surface area contributed by atoms with Crippen molar-refractivity contribution >= 4 is 29.8 Å². The number of rotatable bonds is 12. The third-order valence-electron chi connectivity index (χ3n) is 6.33. The highest BCUT2D eigenvalue weighted by Crippen LogP contribution is 2.32. The maximum absolute atomic E-state index is 14.2. The zero-order valence-corrected chi connectivity index (χ0v) is 27.2. The van der Waals surface area contributed by atoms with E-state index in [2.05, 4.69) is 10.6 Å². The van der Waals surface area contributed by atoms with Gasteiger partial charge in [-0.1, -0.05) is 48.5 Å². The topological polar surface area (TPSA) is 201 Å². The minimum atomic E-state index is -1.71. The normalized spacial score (nSPS) is 13.3. The number of aromatic hydroxyl groups is 1. The predicted molar refractivity (Wildman–Crippen MR) is 168 cm³/mol. The first-order valence-electron chi connectivity index (χ1n) is 14.6. The molecule has 0 radical (unpaired) electrons. The van der Waals surface area contributed by atoms with Crippen molar-refractivity contribution in [3.63, 3.8) is 0 Å². The van der Waals surface area contributed by atoms with E-state index in [1.54, 1.807) is 84.9 Å². The number of para-hydroxylation sites is 1. The first-order valence-corrected chi connectivity index (χ1v) is 14.6. The molecule has 3 unspecified atom stereocenters. The highest BCUT2D eigenvalue weighted by molar-refractivity contribution is 5.96. The summed E-state index contributed by atoms with van der Waals surface area (Å²) in [6.45, 7) is 10.6. The van der Waals surface area contributed by atoms with E-state index < -0.39 is 72.1 Å². The Hall–Kier alpha value is -5.12. The standard InChI is InChI=1S/C33H43N5O8/c1-20-12-11-15-22(27(20)40)26(28(41)36-24(30(43)45-32(2,3)4)18-21-13-9-8-10-14-21)38(17-16-34)29(42)23(19-25(35)39)37-31(44)46-33(5,6)7/h8-15,23-24,26,40H,17-19H2,1-7H3,(H2,35,39)(H,36,41)(H,37,44). The summed E-state index contributed by atoms with van der Waals surface area (Å²) in [6, 6.07) is 10.6. The van der Waals surface area contributed by atoms with Crippen LogP contribution in [0.2, 0.25) is 0 Å². The second-order valence-corrected chi connectivity index (χ2v) is 12.7. The minimum Gasteiger partial charge on any atom is -0.507 e. The Labute approximate surface area is 269 Å². The molecule has 0 aromatic heterocycles. The number of esters is 1. The van der Waals surface area contributed by atoms with Crippen LogP contribution in [0.4, 0.5) is 4.79 Å². The lowest BCUT2D eigenvalue weighted by Crippen LogP contribution is -2.55. The number of primary amides is 1. The molecule has 13 nitrogen and oxygen atoms in total. The maximum Gasteiger partial charge on any atom is 0.408 e. The Morgan fingerprint density at radius 2 is 1.52 bits per heavy atom. The highest BCUT2D eigenvalue weighted by atomic mass is 16.6. The second-order valence-electron chi connectivity index (χ2n) is 12.7. The predicted octanol–water partition coefficient (Wildman–Crippen LogP) is 2.93. The molecule has 0 aliphatic rings. The summed E-state index contributed by atoms with van der Waals surface area (Å²) in [5.41, 5.74) is 4.51. The molecule has 0 bridgehead atoms. The van der Waals surface area contributed by atoms with Gasteiger partial charge in [0.25, 0.3) is 0 Å². The number of benzene rings is 2. The number of amides is 4. The third kappa shape index (κ3) is 11.4. The number of ether oxygens (including phenoxy) is 2. The lowest BCUT2D eigenvalue weighted by Gasteiger charge is -2.34. The van der Waals surface area contributed by atoms with Crippen LogP contribution in [0.5, 0.6) is 5.75 Å². The third-order valence-corrected chi connectivity index (χ3v) is 6.33. The quantitative estimate of drug-likeness (QED) is 0.199. The van der Waals surface area contributed by atoms with Crippen molar-refractivity contribution in [3.05, 3.63) is 65.2 Å². The number of hydrogen-bond donors (Lipinski definition) is 4. The van der Waals surface area contributed by atoms with Crippen LogP contribution in [0.3, 0.4) is 0 Å². The lowest BCUT2D eigenvalue weighted by atomic mass is 9.98. The Bertz CT molecular complexity index is 1460. The summed E-state index contributed by atoms with van der Waals surface area (Å²) < 4.78 is 10.8. The molecule has 46 heavy (non-hydrogen) atoms. The van der Waals surface area contributed by atoms with Gasteiger partial charge in [0.15, 0.2) is 0 Å². The van der Waals surface area contributed by atoms with Crippen LogP contribution in [0, 0.1) is 18.3 Å². The van der Waals surface area contributed by atoms with Gasteiger partial charge in [-0.2, -0.15) is 5.26 Å². The van der Waals surface area contributed by atoms with Crippen LogP contribution in [0.15, 0.2) is 48.5 Å². The fraction of sp³-hybridized carbons (Fsp3) is 0.455. The van der Waals surface area contributed by atoms with Gasteiger partial charge in [-0.15, -0.1) is 0 Å². The molecule has 5 N–H and O–H groups in total. The molecule has 0 aliphatic heterocycles. The van der Waals surface area contributed by atoms with Crippen LogP contribution < -0.4 is 16.4 Å². The van der Waals surface area contributed by atoms with Crippen LogP contribution in [0.25, 0.3) is 0 Å². The molecule has 2 rings (SSSR count). The molecule has 248 valence electrons. The number of nitrogens with two attached hydrogens (primary N) is 1. The SMILES string of the molecule is Cc1cccc(C(C(=O)NC(Cc2ccccc2)C(=O)OC(C)(C)C)N(CC#N)C(=O)C(CC(N)=O)NC(=O)OC(C)(C)C)c1O. The zero-order valence-electron chi connectivity index (χ0n) is 27.2. The molecular formula is C33H43N5O8. The van der Waals surface area contributed by atoms with Gasteiger partial charge >= 0.3 is 12.1 Å². The summed E-state index contributed by atoms with van der Waals surface area (Å²) in [6.07, 6.45) is -1.72. The van der Waals surface area contributed by atoms with Crippen LogP contribution in [-0.4, -0.2) is 69.6 Å². The average molecular weight is 638 g/mol. The number of nitriles is 1. The summed E-state index contributed by atoms with van der Waals surface area (Å²) in [4.78, 5) is 67.0. The van der Waals surface area contributed by atoms with Gasteiger partial charge in [-0.05, 0) is 59.6 Å². The van der Waals surface area contributed by atoms with Crippen LogP contribution in [0.1, 0.15) is 70.7 Å². The van der Waals surface area contributed by atoms with E-state index >= 15 is 0 Å². The van der Waals surface area contributed by atoms with Gasteiger partial charge in [0.2, 0.25) is 17.7 Å². The number of aryl methyl sites for hydroxylation is 1. The Morgan fingerprint density at radius 1 is 0.913 bits per heavy atom. The Morgan fingerprint density at radius 3 is 2.07 bits per heavy atom. The maximum atomic E-state index is 14.2. The monoisotopic (exact) mass is 637 g/mol. The van der Waals surface area contributed by atoms with E-state index in [1.807, 2.05) is 6.07 Å². The van der Waals surface area contributed by atoms with Crippen molar-refractivity contribution in [2.24, 2.45) is 5.73 Å². The van der Waals surface area contributed by atoms with Gasteiger partial charge in [0.05, 0.1) is 12.5 Å². The zero-order chi connectivity index (χ0) is 34.8. The Balaban J connectivity index is 2.65. The van der Waals surface area contributed by atoms with E-state index in [0.717, 1.165) is 4.90 Å². The molecule has 0 heterocycles. The molecule has 2 aromatic rings. The molecule has 2 aromatic carbocycles. The van der Waals surface area contributed by atoms with Crippen molar-refractivity contribution < 1.29 is 38.6 Å². The number of alkyl carbamates (subject to hydrolysis) is 1. The van der Waals surface area contributed by atoms with Gasteiger partial charge in [-0.3, -0.25) is 14.4 Å². The van der Waals surface area contributed by atoms with E-state index in [4.69, 9.17) is 15.2 Å². The minimum absolute atomic E-state index is 0.0186. The molecular weight excluding hydrogens is 594 g/mol.